The van der Waals surface area contributed by atoms with Gasteiger partial charge in [-0.15, -0.1) is 0 Å². The smallest absolute Gasteiger partial charge is 0.355 e. The summed E-state index contributed by atoms with van der Waals surface area (Å²) in [6.45, 7) is 0. The highest BCUT2D eigenvalue weighted by Gasteiger charge is 2.78. The van der Waals surface area contributed by atoms with Gasteiger partial charge in [-0.3, -0.25) is 4.79 Å². The lowest BCUT2D eigenvalue weighted by atomic mass is 9.79. The molecule has 0 radical (unpaired) electrons. The van der Waals surface area contributed by atoms with Gasteiger partial charge in [0.25, 0.3) is 11.2 Å². The van der Waals surface area contributed by atoms with E-state index in [2.05, 4.69) is 9.47 Å². The molecule has 20 heavy (non-hydrogen) atoms. The van der Waals surface area contributed by atoms with Gasteiger partial charge in [-0.05, 0) is 0 Å². The van der Waals surface area contributed by atoms with Gasteiger partial charge in [0.05, 0.1) is 20.6 Å². The molecule has 0 aromatic heterocycles. The van der Waals surface area contributed by atoms with E-state index in [0.29, 0.717) is 0 Å². The highest BCUT2D eigenvalue weighted by atomic mass is 16.7. The van der Waals surface area contributed by atoms with Crippen molar-refractivity contribution in [1.29, 1.82) is 0 Å². The van der Waals surface area contributed by atoms with Gasteiger partial charge < -0.3 is 24.1 Å². The van der Waals surface area contributed by atoms with E-state index in [1.54, 1.807) is 0 Å². The summed E-state index contributed by atoms with van der Waals surface area (Å²) in [4.78, 5) is 46.7. The van der Waals surface area contributed by atoms with Crippen LogP contribution in [0.2, 0.25) is 0 Å². The Labute approximate surface area is 112 Å². The standard InChI is InChI=1S/C11H12O9/c1-17-7(13)6-11(16,9(15)18-2)10(8(14)19-6)4-3-5(12)20-10/h6,16H,3-4H2,1-2H3/t6-,10-,11+/m0/s1. The number of esters is 4. The zero-order valence-corrected chi connectivity index (χ0v) is 10.7. The van der Waals surface area contributed by atoms with Gasteiger partial charge >= 0.3 is 23.9 Å². The molecular weight excluding hydrogens is 276 g/mol. The summed E-state index contributed by atoms with van der Waals surface area (Å²) >= 11 is 0. The van der Waals surface area contributed by atoms with Crippen LogP contribution in [0.25, 0.3) is 0 Å². The number of carbonyl (C=O) groups excluding carboxylic acids is 4. The third-order valence-electron chi connectivity index (χ3n) is 3.43. The first-order chi connectivity index (χ1) is 9.33. The maximum Gasteiger partial charge on any atom is 0.355 e. The number of methoxy groups -OCH3 is 2. The molecule has 2 aliphatic heterocycles. The molecular formula is C11H12O9. The highest BCUT2D eigenvalue weighted by molar-refractivity contribution is 6.04. The summed E-state index contributed by atoms with van der Waals surface area (Å²) in [6.07, 6.45) is -2.47. The van der Waals surface area contributed by atoms with E-state index in [1.807, 2.05) is 0 Å². The number of aliphatic hydroxyl groups is 1. The Bertz CT molecular complexity index is 498. The average Bonchev–Trinajstić information content (AvgIpc) is 2.93. The lowest BCUT2D eigenvalue weighted by molar-refractivity contribution is -0.201. The van der Waals surface area contributed by atoms with Crippen LogP contribution < -0.4 is 0 Å². The minimum Gasteiger partial charge on any atom is -0.467 e. The Balaban J connectivity index is 2.56. The van der Waals surface area contributed by atoms with Crippen LogP contribution >= 0.6 is 0 Å². The molecule has 2 saturated heterocycles. The molecule has 0 aromatic carbocycles. The summed E-state index contributed by atoms with van der Waals surface area (Å²) in [5.41, 5.74) is -5.06. The number of ether oxygens (including phenoxy) is 4. The van der Waals surface area contributed by atoms with Gasteiger partial charge in [-0.25, -0.2) is 14.4 Å². The van der Waals surface area contributed by atoms with Crippen LogP contribution in [-0.2, 0) is 38.1 Å². The van der Waals surface area contributed by atoms with Gasteiger partial charge in [-0.2, -0.15) is 0 Å². The lowest BCUT2D eigenvalue weighted by Crippen LogP contribution is -2.64. The summed E-state index contributed by atoms with van der Waals surface area (Å²) in [5.74, 6) is -4.47. The fraction of sp³-hybridized carbons (Fsp3) is 0.636. The van der Waals surface area contributed by atoms with Gasteiger partial charge in [0.2, 0.25) is 6.10 Å². The average molecular weight is 288 g/mol. The van der Waals surface area contributed by atoms with Gasteiger partial charge in [0.1, 0.15) is 0 Å². The minimum absolute atomic E-state index is 0.206. The van der Waals surface area contributed by atoms with Crippen LogP contribution in [0.4, 0.5) is 0 Å². The Morgan fingerprint density at radius 3 is 2.40 bits per heavy atom. The monoisotopic (exact) mass is 288 g/mol. The minimum atomic E-state index is -2.78. The molecule has 110 valence electrons. The van der Waals surface area contributed by atoms with E-state index in [-0.39, 0.29) is 12.8 Å². The van der Waals surface area contributed by atoms with Crippen molar-refractivity contribution in [2.45, 2.75) is 30.1 Å². The fourth-order valence-corrected chi connectivity index (χ4v) is 2.39. The maximum atomic E-state index is 11.9. The second-order valence-corrected chi connectivity index (χ2v) is 4.37. The van der Waals surface area contributed by atoms with Crippen molar-refractivity contribution in [2.24, 2.45) is 0 Å². The van der Waals surface area contributed by atoms with Crippen LogP contribution in [0, 0.1) is 0 Å². The molecule has 9 heteroatoms. The van der Waals surface area contributed by atoms with E-state index in [9.17, 15) is 24.3 Å². The number of hydrogen-bond acceptors (Lipinski definition) is 9. The van der Waals surface area contributed by atoms with E-state index < -0.39 is 41.2 Å². The summed E-state index contributed by atoms with van der Waals surface area (Å²) in [7, 11) is 1.93. The quantitative estimate of drug-likeness (QED) is 0.456. The van der Waals surface area contributed by atoms with Gasteiger partial charge in [0, 0.05) is 6.42 Å². The van der Waals surface area contributed by atoms with E-state index >= 15 is 0 Å². The lowest BCUT2D eigenvalue weighted by Gasteiger charge is -2.32. The first-order valence-corrected chi connectivity index (χ1v) is 5.65. The van der Waals surface area contributed by atoms with Gasteiger partial charge in [0.15, 0.2) is 0 Å². The molecule has 0 bridgehead atoms. The maximum absolute atomic E-state index is 11.9. The second kappa shape index (κ2) is 4.44. The Morgan fingerprint density at radius 1 is 1.30 bits per heavy atom. The summed E-state index contributed by atoms with van der Waals surface area (Å²) in [6, 6.07) is 0. The van der Waals surface area contributed by atoms with Crippen LogP contribution in [-0.4, -0.2) is 60.5 Å². The molecule has 2 heterocycles. The molecule has 9 nitrogen and oxygen atoms in total. The van der Waals surface area contributed by atoms with E-state index in [0.717, 1.165) is 14.2 Å². The normalized spacial score (nSPS) is 35.6. The number of carbonyl (C=O) groups is 4. The number of rotatable bonds is 2. The molecule has 0 aromatic rings. The van der Waals surface area contributed by atoms with Crippen molar-refractivity contribution in [2.75, 3.05) is 14.2 Å². The largest absolute Gasteiger partial charge is 0.467 e. The molecule has 0 unspecified atom stereocenters. The Hall–Kier alpha value is -2.16. The molecule has 2 fully saturated rings. The SMILES string of the molecule is COC(=O)[C@@H]1OC(=O)[C@@]2(CCC(=O)O2)[C@]1(O)C(=O)OC. The first kappa shape index (κ1) is 14.3. The zero-order valence-electron chi connectivity index (χ0n) is 10.7. The molecule has 0 aliphatic carbocycles. The third kappa shape index (κ3) is 1.52. The van der Waals surface area contributed by atoms with Crippen molar-refractivity contribution in [3.8, 4) is 0 Å². The van der Waals surface area contributed by atoms with Crippen LogP contribution in [0.3, 0.4) is 0 Å². The molecule has 2 aliphatic rings. The highest BCUT2D eigenvalue weighted by Crippen LogP contribution is 2.46. The molecule has 3 atom stereocenters. The van der Waals surface area contributed by atoms with Gasteiger partial charge in [-0.1, -0.05) is 0 Å². The van der Waals surface area contributed by atoms with E-state index in [4.69, 9.17) is 9.47 Å². The van der Waals surface area contributed by atoms with E-state index in [1.165, 1.54) is 0 Å². The molecule has 1 spiro atoms. The van der Waals surface area contributed by atoms with Crippen molar-refractivity contribution < 1.29 is 43.2 Å². The van der Waals surface area contributed by atoms with Crippen LogP contribution in [0.1, 0.15) is 12.8 Å². The van der Waals surface area contributed by atoms with Crippen LogP contribution in [0.5, 0.6) is 0 Å². The predicted molar refractivity (Wildman–Crippen MR) is 56.9 cm³/mol. The van der Waals surface area contributed by atoms with Crippen molar-refractivity contribution >= 4 is 23.9 Å². The van der Waals surface area contributed by atoms with Crippen LogP contribution in [0.15, 0.2) is 0 Å². The number of hydrogen-bond donors (Lipinski definition) is 1. The molecule has 1 N–H and O–H groups in total. The van der Waals surface area contributed by atoms with Crippen molar-refractivity contribution in [3.63, 3.8) is 0 Å². The topological polar surface area (TPSA) is 125 Å². The molecule has 0 amide bonds. The Morgan fingerprint density at radius 2 is 1.95 bits per heavy atom. The second-order valence-electron chi connectivity index (χ2n) is 4.37. The van der Waals surface area contributed by atoms with Crippen molar-refractivity contribution in [3.05, 3.63) is 0 Å². The Kier molecular flexibility index (Phi) is 3.17. The van der Waals surface area contributed by atoms with Crippen molar-refractivity contribution in [1.82, 2.24) is 0 Å². The predicted octanol–water partition coefficient (Wildman–Crippen LogP) is -1.94. The molecule has 0 saturated carbocycles. The zero-order chi connectivity index (χ0) is 15.1. The summed E-state index contributed by atoms with van der Waals surface area (Å²) in [5, 5.41) is 10.6. The fourth-order valence-electron chi connectivity index (χ4n) is 2.39. The summed E-state index contributed by atoms with van der Waals surface area (Å²) < 4.78 is 18.3. The number of cyclic esters (lactones) is 1. The third-order valence-corrected chi connectivity index (χ3v) is 3.43. The first-order valence-electron chi connectivity index (χ1n) is 5.65. The molecule has 2 rings (SSSR count).